The number of aromatic nitrogens is 2. The average Bonchev–Trinajstić information content (AvgIpc) is 2.61. The molecule has 17 heavy (non-hydrogen) atoms. The lowest BCUT2D eigenvalue weighted by molar-refractivity contribution is 0.0971. The van der Waals surface area contributed by atoms with Gasteiger partial charge in [0, 0.05) is 25.6 Å². The van der Waals surface area contributed by atoms with Crippen LogP contribution in [0.15, 0.2) is 18.2 Å². The van der Waals surface area contributed by atoms with Gasteiger partial charge in [0.25, 0.3) is 0 Å². The molecule has 0 unspecified atom stereocenters. The number of aryl methyl sites for hydroxylation is 2. The normalized spacial score (nSPS) is 11.0. The molecule has 1 aromatic heterocycles. The molecular formula is C13H16N2O2. The van der Waals surface area contributed by atoms with E-state index in [4.69, 9.17) is 5.11 Å². The lowest BCUT2D eigenvalue weighted by Crippen LogP contribution is -2.00. The minimum Gasteiger partial charge on any atom is -0.396 e. The number of ketones is 1. The van der Waals surface area contributed by atoms with Gasteiger partial charge in [-0.2, -0.15) is 0 Å². The molecule has 1 heterocycles. The average molecular weight is 232 g/mol. The van der Waals surface area contributed by atoms with Crippen LogP contribution in [0, 0.1) is 6.92 Å². The molecule has 0 bridgehead atoms. The number of Topliss-reactive ketones (excluding diaryl/α,β-unsaturated/α-hetero) is 1. The van der Waals surface area contributed by atoms with Gasteiger partial charge in [0.2, 0.25) is 0 Å². The Bertz CT molecular complexity index is 558. The van der Waals surface area contributed by atoms with Gasteiger partial charge in [-0.1, -0.05) is 0 Å². The highest BCUT2D eigenvalue weighted by Crippen LogP contribution is 2.17. The van der Waals surface area contributed by atoms with Crippen LogP contribution in [0.1, 0.15) is 29.0 Å². The number of hydrogen-bond acceptors (Lipinski definition) is 3. The molecule has 4 nitrogen and oxygen atoms in total. The molecule has 0 amide bonds. The van der Waals surface area contributed by atoms with E-state index < -0.39 is 0 Å². The fourth-order valence-corrected chi connectivity index (χ4v) is 1.88. The largest absolute Gasteiger partial charge is 0.396 e. The van der Waals surface area contributed by atoms with Crippen LogP contribution in [0.25, 0.3) is 11.0 Å². The summed E-state index contributed by atoms with van der Waals surface area (Å²) >= 11 is 0. The van der Waals surface area contributed by atoms with Crippen LogP contribution >= 0.6 is 0 Å². The van der Waals surface area contributed by atoms with E-state index in [9.17, 15) is 4.79 Å². The zero-order valence-corrected chi connectivity index (χ0v) is 10.1. The summed E-state index contributed by atoms with van der Waals surface area (Å²) in [6.07, 6.45) is 0.895. The second-order valence-electron chi connectivity index (χ2n) is 4.17. The third kappa shape index (κ3) is 2.22. The fourth-order valence-electron chi connectivity index (χ4n) is 1.88. The lowest BCUT2D eigenvalue weighted by Gasteiger charge is -2.00. The van der Waals surface area contributed by atoms with Crippen molar-refractivity contribution in [1.29, 1.82) is 0 Å². The highest BCUT2D eigenvalue weighted by molar-refractivity contribution is 5.98. The molecule has 0 saturated carbocycles. The van der Waals surface area contributed by atoms with Crippen molar-refractivity contribution >= 4 is 16.8 Å². The van der Waals surface area contributed by atoms with E-state index in [-0.39, 0.29) is 12.4 Å². The number of carbonyl (C=O) groups excluding carboxylic acids is 1. The van der Waals surface area contributed by atoms with Crippen LogP contribution in [0.4, 0.5) is 0 Å². The van der Waals surface area contributed by atoms with Crippen LogP contribution in [-0.4, -0.2) is 27.0 Å². The zero-order valence-electron chi connectivity index (χ0n) is 10.1. The monoisotopic (exact) mass is 232 g/mol. The highest BCUT2D eigenvalue weighted by Gasteiger charge is 2.09. The smallest absolute Gasteiger partial charge is 0.163 e. The van der Waals surface area contributed by atoms with Crippen molar-refractivity contribution in [2.45, 2.75) is 19.8 Å². The van der Waals surface area contributed by atoms with Crippen molar-refractivity contribution in [3.05, 3.63) is 29.6 Å². The third-order valence-corrected chi connectivity index (χ3v) is 2.99. The Morgan fingerprint density at radius 2 is 2.24 bits per heavy atom. The van der Waals surface area contributed by atoms with E-state index in [0.717, 1.165) is 16.9 Å². The molecule has 0 aliphatic carbocycles. The van der Waals surface area contributed by atoms with E-state index >= 15 is 0 Å². The molecule has 0 aliphatic heterocycles. The number of aliphatic hydroxyl groups is 1. The molecule has 0 atom stereocenters. The molecule has 2 rings (SSSR count). The van der Waals surface area contributed by atoms with Crippen molar-refractivity contribution in [2.24, 2.45) is 7.05 Å². The lowest BCUT2D eigenvalue weighted by atomic mass is 10.1. The Labute approximate surface area is 99.9 Å². The maximum absolute atomic E-state index is 11.8. The van der Waals surface area contributed by atoms with Gasteiger partial charge < -0.3 is 9.67 Å². The topological polar surface area (TPSA) is 55.1 Å². The predicted octanol–water partition coefficient (Wildman–Crippen LogP) is 1.84. The quantitative estimate of drug-likeness (QED) is 0.818. The molecule has 4 heteroatoms. The molecule has 1 N–H and O–H groups in total. The van der Waals surface area contributed by atoms with Crippen LogP contribution in [0.2, 0.25) is 0 Å². The van der Waals surface area contributed by atoms with Crippen LogP contribution in [0.3, 0.4) is 0 Å². The Morgan fingerprint density at radius 1 is 1.47 bits per heavy atom. The standard InChI is InChI=1S/C13H16N2O2/c1-9-14-11-8-10(13(17)4-3-7-16)5-6-12(11)15(9)2/h5-6,8,16H,3-4,7H2,1-2H3. The molecule has 0 saturated heterocycles. The summed E-state index contributed by atoms with van der Waals surface area (Å²) in [7, 11) is 1.96. The molecule has 0 spiro atoms. The minimum absolute atomic E-state index is 0.0523. The first kappa shape index (κ1) is 11.8. The van der Waals surface area contributed by atoms with Crippen molar-refractivity contribution in [2.75, 3.05) is 6.61 Å². The first-order chi connectivity index (χ1) is 8.13. The second-order valence-corrected chi connectivity index (χ2v) is 4.17. The number of fused-ring (bicyclic) bond motifs is 1. The molecule has 0 radical (unpaired) electrons. The summed E-state index contributed by atoms with van der Waals surface area (Å²) in [6.45, 7) is 1.99. The van der Waals surface area contributed by atoms with Gasteiger partial charge >= 0.3 is 0 Å². The molecule has 90 valence electrons. The van der Waals surface area contributed by atoms with Gasteiger partial charge in [0.1, 0.15) is 5.82 Å². The molecule has 0 aliphatic rings. The first-order valence-corrected chi connectivity index (χ1v) is 5.70. The van der Waals surface area contributed by atoms with Crippen LogP contribution in [-0.2, 0) is 7.05 Å². The summed E-state index contributed by atoms with van der Waals surface area (Å²) in [5, 5.41) is 8.71. The van der Waals surface area contributed by atoms with Crippen molar-refractivity contribution in [1.82, 2.24) is 9.55 Å². The van der Waals surface area contributed by atoms with Gasteiger partial charge in [-0.05, 0) is 31.5 Å². The molecule has 0 fully saturated rings. The third-order valence-electron chi connectivity index (χ3n) is 2.99. The summed E-state index contributed by atoms with van der Waals surface area (Å²) in [5.74, 6) is 0.990. The minimum atomic E-state index is 0.0523. The van der Waals surface area contributed by atoms with Crippen molar-refractivity contribution < 1.29 is 9.90 Å². The molecular weight excluding hydrogens is 216 g/mol. The second kappa shape index (κ2) is 4.67. The molecule has 2 aromatic rings. The predicted molar refractivity (Wildman–Crippen MR) is 66.1 cm³/mol. The highest BCUT2D eigenvalue weighted by atomic mass is 16.3. The number of carbonyl (C=O) groups is 1. The molecule has 1 aromatic carbocycles. The number of nitrogens with zero attached hydrogens (tertiary/aromatic N) is 2. The van der Waals surface area contributed by atoms with Crippen LogP contribution in [0.5, 0.6) is 0 Å². The van der Waals surface area contributed by atoms with E-state index in [1.54, 1.807) is 0 Å². The van der Waals surface area contributed by atoms with Gasteiger partial charge in [-0.25, -0.2) is 4.98 Å². The van der Waals surface area contributed by atoms with Gasteiger partial charge in [0.15, 0.2) is 5.78 Å². The van der Waals surface area contributed by atoms with E-state index in [1.807, 2.05) is 36.7 Å². The Hall–Kier alpha value is -1.68. The zero-order chi connectivity index (χ0) is 12.4. The summed E-state index contributed by atoms with van der Waals surface area (Å²) in [4.78, 5) is 16.2. The number of benzene rings is 1. The number of hydrogen-bond donors (Lipinski definition) is 1. The Balaban J connectivity index is 2.35. The summed E-state index contributed by atoms with van der Waals surface area (Å²) in [6, 6.07) is 5.56. The van der Waals surface area contributed by atoms with E-state index in [0.29, 0.717) is 18.4 Å². The van der Waals surface area contributed by atoms with E-state index in [1.165, 1.54) is 0 Å². The van der Waals surface area contributed by atoms with Gasteiger partial charge in [-0.3, -0.25) is 4.79 Å². The number of aliphatic hydroxyl groups excluding tert-OH is 1. The maximum atomic E-state index is 11.8. The first-order valence-electron chi connectivity index (χ1n) is 5.70. The number of rotatable bonds is 4. The van der Waals surface area contributed by atoms with Gasteiger partial charge in [0.05, 0.1) is 11.0 Å². The maximum Gasteiger partial charge on any atom is 0.163 e. The van der Waals surface area contributed by atoms with Crippen LogP contribution < -0.4 is 0 Å². The number of imidazole rings is 1. The van der Waals surface area contributed by atoms with E-state index in [2.05, 4.69) is 4.98 Å². The van der Waals surface area contributed by atoms with Crippen molar-refractivity contribution in [3.63, 3.8) is 0 Å². The Morgan fingerprint density at radius 3 is 2.94 bits per heavy atom. The van der Waals surface area contributed by atoms with Crippen molar-refractivity contribution in [3.8, 4) is 0 Å². The summed E-state index contributed by atoms with van der Waals surface area (Å²) in [5.41, 5.74) is 2.55. The summed E-state index contributed by atoms with van der Waals surface area (Å²) < 4.78 is 2.00. The van der Waals surface area contributed by atoms with Gasteiger partial charge in [-0.15, -0.1) is 0 Å². The SMILES string of the molecule is Cc1nc2cc(C(=O)CCCO)ccc2n1C. The fraction of sp³-hybridized carbons (Fsp3) is 0.385. The Kier molecular flexibility index (Phi) is 3.24.